The molecule has 272 valence electrons. The van der Waals surface area contributed by atoms with E-state index >= 15 is 0 Å². The zero-order valence-corrected chi connectivity index (χ0v) is 34.7. The fraction of sp³-hybridized carbons (Fsp3) is 0.467. The van der Waals surface area contributed by atoms with Crippen LogP contribution in [0.15, 0.2) is 72.8 Å². The Bertz CT molecular complexity index is 1290. The lowest BCUT2D eigenvalue weighted by Crippen LogP contribution is -2.11. The fourth-order valence-corrected chi connectivity index (χ4v) is 5.55. The van der Waals surface area contributed by atoms with Crippen LogP contribution in [0.25, 0.3) is 0 Å². The molecule has 0 fully saturated rings. The van der Waals surface area contributed by atoms with Crippen LogP contribution in [0, 0.1) is 33.5 Å². The number of rotatable bonds is 0. The van der Waals surface area contributed by atoms with Crippen molar-refractivity contribution in [1.82, 2.24) is 0 Å². The van der Waals surface area contributed by atoms with Crippen molar-refractivity contribution in [3.05, 3.63) is 138 Å². The van der Waals surface area contributed by atoms with Gasteiger partial charge in [0.15, 0.2) is 0 Å². The first-order chi connectivity index (χ1) is 21.6. The smallest absolute Gasteiger partial charge is 0.123 e. The molecule has 0 heterocycles. The lowest BCUT2D eigenvalue weighted by Gasteiger charge is -2.19. The summed E-state index contributed by atoms with van der Waals surface area (Å²) in [7, 11) is 0. The van der Waals surface area contributed by atoms with E-state index in [4.69, 9.17) is 34.8 Å². The summed E-state index contributed by atoms with van der Waals surface area (Å²) in [6.45, 7) is 34.1. The van der Waals surface area contributed by atoms with E-state index in [0.717, 1.165) is 26.2 Å². The molecule has 4 rings (SSSR count). The molecule has 0 nitrogen and oxygen atoms in total. The summed E-state index contributed by atoms with van der Waals surface area (Å²) < 4.78 is 13.0. The number of hydrogen-bond acceptors (Lipinski definition) is 0. The Morgan fingerprint density at radius 1 is 0.347 bits per heavy atom. The number of benzene rings is 4. The third-order valence-corrected chi connectivity index (χ3v) is 8.29. The van der Waals surface area contributed by atoms with Crippen LogP contribution in [0.4, 0.5) is 4.39 Å². The standard InChI is InChI=1S/3C11H15Cl.C11H15F.CH4/c4*1-8-5-9(11(2,3)4)7-10(12)6-8;/h4*5-7H,1-4H3;1H4. The second-order valence-electron chi connectivity index (χ2n) is 17.1. The summed E-state index contributed by atoms with van der Waals surface area (Å²) >= 11 is 17.9. The monoisotopic (exact) mass is 728 g/mol. The van der Waals surface area contributed by atoms with E-state index in [2.05, 4.69) is 122 Å². The number of hydrogen-bond donors (Lipinski definition) is 0. The Labute approximate surface area is 315 Å². The molecule has 0 N–H and O–H groups in total. The molecule has 0 saturated heterocycles. The van der Waals surface area contributed by atoms with E-state index in [0.29, 0.717) is 0 Å². The Balaban J connectivity index is 0.000000623. The number of aryl methyl sites for hydroxylation is 4. The SMILES string of the molecule is C.Cc1cc(Cl)cc(C(C)(C)C)c1.Cc1cc(Cl)cc(C(C)(C)C)c1.Cc1cc(Cl)cc(C(C)(C)C)c1.Cc1cc(F)cc(C(C)(C)C)c1. The van der Waals surface area contributed by atoms with Crippen LogP contribution in [0.5, 0.6) is 0 Å². The summed E-state index contributed by atoms with van der Waals surface area (Å²) in [4.78, 5) is 0. The average Bonchev–Trinajstić information content (AvgIpc) is 2.86. The van der Waals surface area contributed by atoms with Gasteiger partial charge in [-0.15, -0.1) is 0 Å². The molecule has 4 heteroatoms. The molecule has 0 bridgehead atoms. The molecule has 0 atom stereocenters. The minimum atomic E-state index is -0.139. The molecule has 0 saturated carbocycles. The minimum absolute atomic E-state index is 0. The van der Waals surface area contributed by atoms with Crippen LogP contribution in [0.1, 0.15) is 135 Å². The van der Waals surface area contributed by atoms with Crippen molar-refractivity contribution in [2.45, 2.75) is 140 Å². The third-order valence-electron chi connectivity index (χ3n) is 7.63. The van der Waals surface area contributed by atoms with Crippen LogP contribution in [-0.4, -0.2) is 0 Å². The quantitative estimate of drug-likeness (QED) is 0.169. The van der Waals surface area contributed by atoms with Gasteiger partial charge in [0, 0.05) is 15.1 Å². The topological polar surface area (TPSA) is 0 Å². The van der Waals surface area contributed by atoms with Crippen molar-refractivity contribution in [2.24, 2.45) is 0 Å². The average molecular weight is 730 g/mol. The second-order valence-corrected chi connectivity index (χ2v) is 18.4. The number of halogens is 4. The summed E-state index contributed by atoms with van der Waals surface area (Å²) in [5.41, 5.74) is 10.2. The van der Waals surface area contributed by atoms with E-state index in [-0.39, 0.29) is 34.9 Å². The van der Waals surface area contributed by atoms with Gasteiger partial charge in [-0.3, -0.25) is 0 Å². The molecular formula is C45H64Cl3F. The predicted octanol–water partition coefficient (Wildman–Crippen LogP) is 15.9. The Morgan fingerprint density at radius 2 is 0.551 bits per heavy atom. The van der Waals surface area contributed by atoms with Gasteiger partial charge >= 0.3 is 0 Å². The molecule has 0 unspecified atom stereocenters. The molecule has 0 radical (unpaired) electrons. The van der Waals surface area contributed by atoms with Gasteiger partial charge in [0.1, 0.15) is 5.82 Å². The van der Waals surface area contributed by atoms with Crippen LogP contribution in [0.2, 0.25) is 15.1 Å². The van der Waals surface area contributed by atoms with E-state index in [1.807, 2.05) is 49.4 Å². The molecule has 49 heavy (non-hydrogen) atoms. The normalized spacial score (nSPS) is 11.5. The van der Waals surface area contributed by atoms with E-state index < -0.39 is 0 Å². The zero-order valence-electron chi connectivity index (χ0n) is 32.4. The van der Waals surface area contributed by atoms with Crippen LogP contribution in [0.3, 0.4) is 0 Å². The molecular weight excluding hydrogens is 666 g/mol. The molecule has 0 aromatic heterocycles. The highest BCUT2D eigenvalue weighted by atomic mass is 35.5. The summed E-state index contributed by atoms with van der Waals surface area (Å²) in [6.07, 6.45) is 0. The molecule has 0 aliphatic carbocycles. The molecule has 0 amide bonds. The van der Waals surface area contributed by atoms with Crippen molar-refractivity contribution in [2.75, 3.05) is 0 Å². The summed E-state index contributed by atoms with van der Waals surface area (Å²) in [5.74, 6) is -0.139. The van der Waals surface area contributed by atoms with Crippen molar-refractivity contribution in [3.63, 3.8) is 0 Å². The van der Waals surface area contributed by atoms with Gasteiger partial charge in [-0.25, -0.2) is 4.39 Å². The molecule has 0 aliphatic rings. The van der Waals surface area contributed by atoms with Gasteiger partial charge < -0.3 is 0 Å². The Morgan fingerprint density at radius 3 is 0.735 bits per heavy atom. The Kier molecular flexibility index (Phi) is 17.9. The first kappa shape index (κ1) is 46.7. The molecule has 4 aromatic rings. The van der Waals surface area contributed by atoms with Crippen LogP contribution < -0.4 is 0 Å². The highest BCUT2D eigenvalue weighted by molar-refractivity contribution is 6.31. The van der Waals surface area contributed by atoms with Crippen LogP contribution >= 0.6 is 34.8 Å². The third kappa shape index (κ3) is 18.0. The van der Waals surface area contributed by atoms with Gasteiger partial charge in [0.25, 0.3) is 0 Å². The first-order valence-corrected chi connectivity index (χ1v) is 17.8. The molecule has 4 aromatic carbocycles. The fourth-order valence-electron chi connectivity index (χ4n) is 4.68. The maximum absolute atomic E-state index is 13.0. The van der Waals surface area contributed by atoms with Gasteiger partial charge in [-0.1, -0.05) is 150 Å². The van der Waals surface area contributed by atoms with Crippen molar-refractivity contribution in [1.29, 1.82) is 0 Å². The highest BCUT2D eigenvalue weighted by Crippen LogP contribution is 2.28. The minimum Gasteiger partial charge on any atom is -0.207 e. The molecule has 0 spiro atoms. The lowest BCUT2D eigenvalue weighted by atomic mass is 9.86. The zero-order chi connectivity index (χ0) is 37.4. The van der Waals surface area contributed by atoms with Crippen molar-refractivity contribution >= 4 is 34.8 Å². The summed E-state index contributed by atoms with van der Waals surface area (Å²) in [6, 6.07) is 23.8. The lowest BCUT2D eigenvalue weighted by molar-refractivity contribution is 0.571. The Hall–Kier alpha value is -2.32. The maximum atomic E-state index is 13.0. The maximum Gasteiger partial charge on any atom is 0.123 e. The van der Waals surface area contributed by atoms with E-state index in [1.165, 1.54) is 33.4 Å². The highest BCUT2D eigenvalue weighted by Gasteiger charge is 2.16. The first-order valence-electron chi connectivity index (χ1n) is 16.7. The van der Waals surface area contributed by atoms with Gasteiger partial charge in [0.2, 0.25) is 0 Å². The van der Waals surface area contributed by atoms with Gasteiger partial charge in [-0.05, 0) is 142 Å². The van der Waals surface area contributed by atoms with Crippen molar-refractivity contribution < 1.29 is 4.39 Å². The molecule has 0 aliphatic heterocycles. The summed E-state index contributed by atoms with van der Waals surface area (Å²) in [5, 5.41) is 2.50. The second kappa shape index (κ2) is 18.8. The van der Waals surface area contributed by atoms with Crippen LogP contribution in [-0.2, 0) is 21.7 Å². The van der Waals surface area contributed by atoms with Gasteiger partial charge in [-0.2, -0.15) is 0 Å². The van der Waals surface area contributed by atoms with E-state index in [1.54, 1.807) is 12.1 Å². The largest absolute Gasteiger partial charge is 0.207 e. The van der Waals surface area contributed by atoms with E-state index in [9.17, 15) is 4.39 Å². The van der Waals surface area contributed by atoms with Gasteiger partial charge in [0.05, 0.1) is 0 Å². The predicted molar refractivity (Wildman–Crippen MR) is 221 cm³/mol. The van der Waals surface area contributed by atoms with Crippen molar-refractivity contribution in [3.8, 4) is 0 Å².